The highest BCUT2D eigenvalue weighted by Gasteiger charge is 2.11. The minimum absolute atomic E-state index is 0.207. The van der Waals surface area contributed by atoms with Gasteiger partial charge in [-0.2, -0.15) is 0 Å². The van der Waals surface area contributed by atoms with Crippen LogP contribution in [0, 0.1) is 6.92 Å². The largest absolute Gasteiger partial charge is 0.380 e. The normalized spacial score (nSPS) is 11.0. The van der Waals surface area contributed by atoms with Gasteiger partial charge in [-0.15, -0.1) is 0 Å². The van der Waals surface area contributed by atoms with Crippen LogP contribution in [0.25, 0.3) is 11.0 Å². The Kier molecular flexibility index (Phi) is 5.48. The van der Waals surface area contributed by atoms with Crippen LogP contribution in [-0.4, -0.2) is 33.7 Å². The average molecular weight is 354 g/mol. The van der Waals surface area contributed by atoms with Crippen LogP contribution in [0.2, 0.25) is 0 Å². The van der Waals surface area contributed by atoms with Crippen molar-refractivity contribution in [1.29, 1.82) is 0 Å². The molecule has 2 aromatic heterocycles. The topological polar surface area (TPSA) is 89.0 Å². The minimum atomic E-state index is -0.210. The van der Waals surface area contributed by atoms with Crippen LogP contribution >= 0.6 is 0 Å². The van der Waals surface area contributed by atoms with Crippen molar-refractivity contribution in [1.82, 2.24) is 19.9 Å². The summed E-state index contributed by atoms with van der Waals surface area (Å²) < 4.78 is 6.93. The van der Waals surface area contributed by atoms with Gasteiger partial charge in [0.05, 0.1) is 36.4 Å². The molecule has 0 atom stereocenters. The molecule has 2 heterocycles. The first kappa shape index (κ1) is 17.9. The number of hydrogen-bond acceptors (Lipinski definition) is 4. The standard InChI is InChI=1S/C19H22N4O3/c1-3-26-9-8-23-17-5-4-14(11-16(17)22-19(23)25)18(24)21-12-15-10-13(2)6-7-20-15/h4-7,10-11H,3,8-9,12H2,1-2H3,(H,21,24)(H,22,25). The van der Waals surface area contributed by atoms with Gasteiger partial charge in [0, 0.05) is 18.4 Å². The van der Waals surface area contributed by atoms with Gasteiger partial charge in [-0.25, -0.2) is 4.79 Å². The predicted molar refractivity (Wildman–Crippen MR) is 99.2 cm³/mol. The number of benzene rings is 1. The second-order valence-corrected chi connectivity index (χ2v) is 6.02. The molecule has 1 aromatic carbocycles. The van der Waals surface area contributed by atoms with Gasteiger partial charge in [0.2, 0.25) is 0 Å². The number of aromatic amines is 1. The molecule has 0 fully saturated rings. The molecule has 3 aromatic rings. The molecule has 0 radical (unpaired) electrons. The first-order chi connectivity index (χ1) is 12.6. The zero-order valence-corrected chi connectivity index (χ0v) is 14.9. The lowest BCUT2D eigenvalue weighted by Gasteiger charge is -2.07. The van der Waals surface area contributed by atoms with Crippen LogP contribution in [0.4, 0.5) is 0 Å². The van der Waals surface area contributed by atoms with E-state index in [4.69, 9.17) is 4.74 Å². The molecule has 0 saturated heterocycles. The van der Waals surface area contributed by atoms with Crippen LogP contribution in [0.3, 0.4) is 0 Å². The number of ether oxygens (including phenoxy) is 1. The van der Waals surface area contributed by atoms with E-state index >= 15 is 0 Å². The molecule has 3 rings (SSSR count). The van der Waals surface area contributed by atoms with Crippen molar-refractivity contribution in [2.45, 2.75) is 26.9 Å². The van der Waals surface area contributed by atoms with E-state index in [1.807, 2.05) is 26.0 Å². The van der Waals surface area contributed by atoms with Crippen LogP contribution in [-0.2, 0) is 17.8 Å². The second-order valence-electron chi connectivity index (χ2n) is 6.02. The zero-order chi connectivity index (χ0) is 18.5. The highest BCUT2D eigenvalue weighted by atomic mass is 16.5. The summed E-state index contributed by atoms with van der Waals surface area (Å²) in [5.74, 6) is -0.210. The number of nitrogens with zero attached hydrogens (tertiary/aromatic N) is 2. The van der Waals surface area contributed by atoms with Crippen molar-refractivity contribution in [2.24, 2.45) is 0 Å². The van der Waals surface area contributed by atoms with E-state index < -0.39 is 0 Å². The first-order valence-electron chi connectivity index (χ1n) is 8.58. The van der Waals surface area contributed by atoms with Crippen LogP contribution < -0.4 is 11.0 Å². The van der Waals surface area contributed by atoms with E-state index in [0.29, 0.717) is 37.4 Å². The number of nitrogens with one attached hydrogen (secondary N) is 2. The summed E-state index contributed by atoms with van der Waals surface area (Å²) in [4.78, 5) is 31.5. The summed E-state index contributed by atoms with van der Waals surface area (Å²) in [5, 5.41) is 2.85. The molecule has 0 spiro atoms. The third-order valence-corrected chi connectivity index (χ3v) is 4.10. The molecule has 7 heteroatoms. The van der Waals surface area contributed by atoms with E-state index in [2.05, 4.69) is 15.3 Å². The van der Waals surface area contributed by atoms with Gasteiger partial charge in [0.15, 0.2) is 0 Å². The summed E-state index contributed by atoms with van der Waals surface area (Å²) in [5.41, 5.74) is 3.57. The Hall–Kier alpha value is -2.93. The summed E-state index contributed by atoms with van der Waals surface area (Å²) in [6.07, 6.45) is 1.72. The Morgan fingerprint density at radius 3 is 2.92 bits per heavy atom. The van der Waals surface area contributed by atoms with Crippen molar-refractivity contribution in [3.63, 3.8) is 0 Å². The molecule has 0 aliphatic heterocycles. The number of aromatic nitrogens is 3. The van der Waals surface area contributed by atoms with Gasteiger partial charge in [0.25, 0.3) is 5.91 Å². The van der Waals surface area contributed by atoms with Gasteiger partial charge in [-0.3, -0.25) is 14.3 Å². The summed E-state index contributed by atoms with van der Waals surface area (Å²) in [6, 6.07) is 9.02. The van der Waals surface area contributed by atoms with Crippen LogP contribution in [0.1, 0.15) is 28.5 Å². The van der Waals surface area contributed by atoms with E-state index in [0.717, 1.165) is 16.8 Å². The number of pyridine rings is 1. The molecule has 136 valence electrons. The highest BCUT2D eigenvalue weighted by molar-refractivity contribution is 5.97. The lowest BCUT2D eigenvalue weighted by molar-refractivity contribution is 0.0950. The summed E-state index contributed by atoms with van der Waals surface area (Å²) >= 11 is 0. The number of H-pyrrole nitrogens is 1. The number of carbonyl (C=O) groups is 1. The highest BCUT2D eigenvalue weighted by Crippen LogP contribution is 2.13. The average Bonchev–Trinajstić information content (AvgIpc) is 2.94. The number of rotatable bonds is 7. The quantitative estimate of drug-likeness (QED) is 0.635. The lowest BCUT2D eigenvalue weighted by Crippen LogP contribution is -2.23. The molecule has 26 heavy (non-hydrogen) atoms. The molecule has 0 unspecified atom stereocenters. The van der Waals surface area contributed by atoms with Crippen molar-refractivity contribution < 1.29 is 9.53 Å². The van der Waals surface area contributed by atoms with Crippen molar-refractivity contribution in [2.75, 3.05) is 13.2 Å². The minimum Gasteiger partial charge on any atom is -0.380 e. The zero-order valence-electron chi connectivity index (χ0n) is 14.9. The number of imidazole rings is 1. The van der Waals surface area contributed by atoms with Gasteiger partial charge in [-0.1, -0.05) is 0 Å². The molecule has 0 aliphatic carbocycles. The van der Waals surface area contributed by atoms with Crippen molar-refractivity contribution in [3.8, 4) is 0 Å². The van der Waals surface area contributed by atoms with Gasteiger partial charge >= 0.3 is 5.69 Å². The fraction of sp³-hybridized carbons (Fsp3) is 0.316. The molecule has 0 saturated carbocycles. The fourth-order valence-electron chi connectivity index (χ4n) is 2.80. The first-order valence-corrected chi connectivity index (χ1v) is 8.58. The van der Waals surface area contributed by atoms with Crippen molar-refractivity contribution in [3.05, 3.63) is 63.8 Å². The van der Waals surface area contributed by atoms with Crippen LogP contribution in [0.15, 0.2) is 41.3 Å². The van der Waals surface area contributed by atoms with E-state index in [9.17, 15) is 9.59 Å². The number of carbonyl (C=O) groups excluding carboxylic acids is 1. The van der Waals surface area contributed by atoms with E-state index in [-0.39, 0.29) is 11.6 Å². The number of hydrogen-bond donors (Lipinski definition) is 2. The third kappa shape index (κ3) is 4.00. The van der Waals surface area contributed by atoms with Crippen LogP contribution in [0.5, 0.6) is 0 Å². The van der Waals surface area contributed by atoms with Gasteiger partial charge < -0.3 is 15.0 Å². The SMILES string of the molecule is CCOCCn1c(=O)[nH]c2cc(C(=O)NCc3cc(C)ccn3)ccc21. The maximum Gasteiger partial charge on any atom is 0.326 e. The predicted octanol–water partition coefficient (Wildman–Crippen LogP) is 2.00. The smallest absolute Gasteiger partial charge is 0.326 e. The Morgan fingerprint density at radius 1 is 1.31 bits per heavy atom. The van der Waals surface area contributed by atoms with Crippen molar-refractivity contribution >= 4 is 16.9 Å². The van der Waals surface area contributed by atoms with Gasteiger partial charge in [0.1, 0.15) is 0 Å². The fourth-order valence-corrected chi connectivity index (χ4v) is 2.80. The Bertz CT molecular complexity index is 974. The number of fused-ring (bicyclic) bond motifs is 1. The molecular formula is C19H22N4O3. The van der Waals surface area contributed by atoms with E-state index in [1.165, 1.54) is 0 Å². The Labute approximate surface area is 151 Å². The number of aryl methyl sites for hydroxylation is 1. The molecular weight excluding hydrogens is 332 g/mol. The monoisotopic (exact) mass is 354 g/mol. The summed E-state index contributed by atoms with van der Waals surface area (Å²) in [6.45, 7) is 5.79. The maximum absolute atomic E-state index is 12.4. The maximum atomic E-state index is 12.4. The molecule has 0 aliphatic rings. The van der Waals surface area contributed by atoms with Gasteiger partial charge in [-0.05, 0) is 49.7 Å². The third-order valence-electron chi connectivity index (χ3n) is 4.10. The second kappa shape index (κ2) is 7.97. The molecule has 2 N–H and O–H groups in total. The molecule has 1 amide bonds. The Morgan fingerprint density at radius 2 is 2.15 bits per heavy atom. The molecule has 0 bridgehead atoms. The molecule has 7 nitrogen and oxygen atoms in total. The van der Waals surface area contributed by atoms with E-state index in [1.54, 1.807) is 29.0 Å². The number of amides is 1. The lowest BCUT2D eigenvalue weighted by atomic mass is 10.2. The summed E-state index contributed by atoms with van der Waals surface area (Å²) in [7, 11) is 0. The Balaban J connectivity index is 1.74.